The standard InChI is InChI=1S/C24H19BrN2O4/c1-31-19-11-9-18(10-12-19)26(22(28)16-5-4-6-17(25)15-16)13-14-27-23(29)20-7-2-3-8-21(20)24(27)30/h2-12,15H,13-14H2,1H3. The lowest BCUT2D eigenvalue weighted by Gasteiger charge is -2.25. The second-order valence-corrected chi connectivity index (χ2v) is 7.89. The molecule has 6 nitrogen and oxygen atoms in total. The highest BCUT2D eigenvalue weighted by molar-refractivity contribution is 9.10. The minimum Gasteiger partial charge on any atom is -0.497 e. The molecule has 0 radical (unpaired) electrons. The summed E-state index contributed by atoms with van der Waals surface area (Å²) in [5.41, 5.74) is 1.92. The molecule has 0 N–H and O–H groups in total. The molecule has 4 rings (SSSR count). The normalized spacial score (nSPS) is 12.6. The number of methoxy groups -OCH3 is 1. The lowest BCUT2D eigenvalue weighted by molar-refractivity contribution is 0.0654. The van der Waals surface area contributed by atoms with Gasteiger partial charge >= 0.3 is 0 Å². The van der Waals surface area contributed by atoms with E-state index in [9.17, 15) is 14.4 Å². The molecule has 0 unspecified atom stereocenters. The quantitative estimate of drug-likeness (QED) is 0.492. The Morgan fingerprint density at radius 1 is 0.935 bits per heavy atom. The van der Waals surface area contributed by atoms with Crippen molar-refractivity contribution in [3.05, 3.63) is 94.0 Å². The summed E-state index contributed by atoms with van der Waals surface area (Å²) in [4.78, 5) is 41.5. The zero-order valence-electron chi connectivity index (χ0n) is 16.7. The Hall–Kier alpha value is -3.45. The first kappa shape index (κ1) is 20.8. The van der Waals surface area contributed by atoms with Crippen LogP contribution in [0, 0.1) is 0 Å². The molecule has 3 amide bonds. The highest BCUT2D eigenvalue weighted by Crippen LogP contribution is 2.25. The first-order valence-corrected chi connectivity index (χ1v) is 10.5. The van der Waals surface area contributed by atoms with Gasteiger partial charge in [0.05, 0.1) is 18.2 Å². The number of hydrogen-bond donors (Lipinski definition) is 0. The Balaban J connectivity index is 1.61. The number of ether oxygens (including phenoxy) is 1. The van der Waals surface area contributed by atoms with Gasteiger partial charge in [-0.1, -0.05) is 34.1 Å². The monoisotopic (exact) mass is 478 g/mol. The number of halogens is 1. The minimum atomic E-state index is -0.342. The fourth-order valence-electron chi connectivity index (χ4n) is 3.53. The van der Waals surface area contributed by atoms with E-state index >= 15 is 0 Å². The van der Waals surface area contributed by atoms with Crippen LogP contribution in [0.15, 0.2) is 77.3 Å². The smallest absolute Gasteiger partial charge is 0.261 e. The van der Waals surface area contributed by atoms with Crippen LogP contribution in [0.2, 0.25) is 0 Å². The molecule has 3 aromatic rings. The summed E-state index contributed by atoms with van der Waals surface area (Å²) in [6.45, 7) is 0.237. The van der Waals surface area contributed by atoms with Gasteiger partial charge in [-0.25, -0.2) is 0 Å². The summed E-state index contributed by atoms with van der Waals surface area (Å²) in [6.07, 6.45) is 0. The zero-order valence-corrected chi connectivity index (χ0v) is 18.3. The lowest BCUT2D eigenvalue weighted by Crippen LogP contribution is -2.41. The van der Waals surface area contributed by atoms with Crippen LogP contribution < -0.4 is 9.64 Å². The van der Waals surface area contributed by atoms with Gasteiger partial charge < -0.3 is 9.64 Å². The molecule has 0 aliphatic carbocycles. The van der Waals surface area contributed by atoms with Crippen LogP contribution in [0.1, 0.15) is 31.1 Å². The second-order valence-electron chi connectivity index (χ2n) is 6.97. The van der Waals surface area contributed by atoms with Crippen molar-refractivity contribution < 1.29 is 19.1 Å². The van der Waals surface area contributed by atoms with Gasteiger partial charge in [0.2, 0.25) is 0 Å². The molecule has 0 saturated heterocycles. The Labute approximate surface area is 188 Å². The number of nitrogens with zero attached hydrogens (tertiary/aromatic N) is 2. The molecule has 0 aromatic heterocycles. The number of benzene rings is 3. The summed E-state index contributed by atoms with van der Waals surface area (Å²) in [5.74, 6) is -0.252. The maximum absolute atomic E-state index is 13.3. The fraction of sp³-hybridized carbons (Fsp3) is 0.125. The molecule has 1 aliphatic rings. The predicted molar refractivity (Wildman–Crippen MR) is 121 cm³/mol. The number of carbonyl (C=O) groups excluding carboxylic acids is 3. The second kappa shape index (κ2) is 8.73. The summed E-state index contributed by atoms with van der Waals surface area (Å²) in [7, 11) is 1.57. The highest BCUT2D eigenvalue weighted by Gasteiger charge is 2.35. The molecule has 0 saturated carbocycles. The van der Waals surface area contributed by atoms with Crippen molar-refractivity contribution in [2.45, 2.75) is 0 Å². The average Bonchev–Trinajstić information content (AvgIpc) is 3.04. The Bertz CT molecular complexity index is 1130. The molecule has 1 heterocycles. The average molecular weight is 479 g/mol. The van der Waals surface area contributed by atoms with E-state index in [4.69, 9.17) is 4.74 Å². The first-order chi connectivity index (χ1) is 15.0. The third-order valence-corrected chi connectivity index (χ3v) is 5.62. The van der Waals surface area contributed by atoms with Crippen molar-refractivity contribution in [3.8, 4) is 5.75 Å². The van der Waals surface area contributed by atoms with E-state index in [1.807, 2.05) is 6.07 Å². The number of hydrogen-bond acceptors (Lipinski definition) is 4. The van der Waals surface area contributed by atoms with Crippen LogP contribution in [0.3, 0.4) is 0 Å². The van der Waals surface area contributed by atoms with Crippen LogP contribution in [0.4, 0.5) is 5.69 Å². The van der Waals surface area contributed by atoms with Crippen molar-refractivity contribution in [2.75, 3.05) is 25.1 Å². The summed E-state index contributed by atoms with van der Waals surface area (Å²) in [5, 5.41) is 0. The molecule has 156 valence electrons. The molecule has 1 aliphatic heterocycles. The Morgan fingerprint density at radius 3 is 2.16 bits per heavy atom. The molecule has 0 spiro atoms. The number of imide groups is 1. The third-order valence-electron chi connectivity index (χ3n) is 5.13. The van der Waals surface area contributed by atoms with Crippen molar-refractivity contribution >= 4 is 39.3 Å². The van der Waals surface area contributed by atoms with Crippen molar-refractivity contribution in [3.63, 3.8) is 0 Å². The minimum absolute atomic E-state index is 0.0815. The van der Waals surface area contributed by atoms with Gasteiger partial charge in [-0.2, -0.15) is 0 Å². The van der Waals surface area contributed by atoms with Crippen molar-refractivity contribution in [2.24, 2.45) is 0 Å². The van der Waals surface area contributed by atoms with Gasteiger partial charge in [-0.15, -0.1) is 0 Å². The predicted octanol–water partition coefficient (Wildman–Crippen LogP) is 4.40. The molecular formula is C24H19BrN2O4. The molecular weight excluding hydrogens is 460 g/mol. The van der Waals surface area contributed by atoms with Gasteiger partial charge in [0.25, 0.3) is 17.7 Å². The maximum atomic E-state index is 13.3. The number of fused-ring (bicyclic) bond motifs is 1. The van der Waals surface area contributed by atoms with E-state index in [1.54, 1.807) is 78.7 Å². The van der Waals surface area contributed by atoms with E-state index in [0.717, 1.165) is 4.47 Å². The largest absolute Gasteiger partial charge is 0.497 e. The van der Waals surface area contributed by atoms with Gasteiger partial charge in [0, 0.05) is 28.8 Å². The molecule has 31 heavy (non-hydrogen) atoms. The van der Waals surface area contributed by atoms with Gasteiger partial charge in [0.1, 0.15) is 5.75 Å². The summed E-state index contributed by atoms with van der Waals surface area (Å²) < 4.78 is 5.99. The van der Waals surface area contributed by atoms with Gasteiger partial charge in [-0.05, 0) is 54.6 Å². The van der Waals surface area contributed by atoms with E-state index in [2.05, 4.69) is 15.9 Å². The Morgan fingerprint density at radius 2 is 1.58 bits per heavy atom. The van der Waals surface area contributed by atoms with Crippen molar-refractivity contribution in [1.82, 2.24) is 4.90 Å². The Kier molecular flexibility index (Phi) is 5.86. The fourth-order valence-corrected chi connectivity index (χ4v) is 3.93. The molecule has 0 fully saturated rings. The topological polar surface area (TPSA) is 66.9 Å². The number of amides is 3. The van der Waals surface area contributed by atoms with Crippen LogP contribution in [0.25, 0.3) is 0 Å². The third kappa shape index (κ3) is 4.09. The SMILES string of the molecule is COc1ccc(N(CCN2C(=O)c3ccccc3C2=O)C(=O)c2cccc(Br)c2)cc1. The first-order valence-electron chi connectivity index (χ1n) is 9.66. The van der Waals surface area contributed by atoms with Crippen LogP contribution in [-0.4, -0.2) is 42.8 Å². The van der Waals surface area contributed by atoms with E-state index < -0.39 is 0 Å². The van der Waals surface area contributed by atoms with Gasteiger partial charge in [-0.3, -0.25) is 19.3 Å². The number of anilines is 1. The van der Waals surface area contributed by atoms with Crippen LogP contribution in [0.5, 0.6) is 5.75 Å². The van der Waals surface area contributed by atoms with E-state index in [1.165, 1.54) is 4.90 Å². The van der Waals surface area contributed by atoms with Crippen molar-refractivity contribution in [1.29, 1.82) is 0 Å². The summed E-state index contributed by atoms with van der Waals surface area (Å²) in [6, 6.07) is 20.9. The summed E-state index contributed by atoms with van der Waals surface area (Å²) >= 11 is 3.40. The number of carbonyl (C=O) groups is 3. The van der Waals surface area contributed by atoms with Gasteiger partial charge in [0.15, 0.2) is 0 Å². The molecule has 3 aromatic carbocycles. The highest BCUT2D eigenvalue weighted by atomic mass is 79.9. The van der Waals surface area contributed by atoms with E-state index in [0.29, 0.717) is 28.1 Å². The number of rotatable bonds is 6. The molecule has 0 atom stereocenters. The molecule has 0 bridgehead atoms. The van der Waals surface area contributed by atoms with Crippen LogP contribution >= 0.6 is 15.9 Å². The zero-order chi connectivity index (χ0) is 22.0. The lowest BCUT2D eigenvalue weighted by atomic mass is 10.1. The van der Waals surface area contributed by atoms with E-state index in [-0.39, 0.29) is 30.8 Å². The van der Waals surface area contributed by atoms with Crippen LogP contribution in [-0.2, 0) is 0 Å². The maximum Gasteiger partial charge on any atom is 0.261 e. The molecule has 7 heteroatoms.